The molecule has 0 bridgehead atoms. The van der Waals surface area contributed by atoms with E-state index in [2.05, 4.69) is 0 Å². The molecule has 2 aliphatic rings. The van der Waals surface area contributed by atoms with Gasteiger partial charge in [-0.2, -0.15) is 0 Å². The molecule has 1 atom stereocenters. The van der Waals surface area contributed by atoms with Crippen LogP contribution in [-0.2, 0) is 16.0 Å². The van der Waals surface area contributed by atoms with Crippen molar-refractivity contribution in [2.24, 2.45) is 0 Å². The van der Waals surface area contributed by atoms with Crippen LogP contribution >= 0.6 is 11.8 Å². The van der Waals surface area contributed by atoms with E-state index in [1.54, 1.807) is 0 Å². The molecule has 0 aromatic heterocycles. The first-order valence-corrected chi connectivity index (χ1v) is 7.79. The van der Waals surface area contributed by atoms with Crippen LogP contribution in [0.1, 0.15) is 12.0 Å². The van der Waals surface area contributed by atoms with E-state index >= 15 is 0 Å². The van der Waals surface area contributed by atoms with Gasteiger partial charge in [0.15, 0.2) is 11.5 Å². The van der Waals surface area contributed by atoms with Gasteiger partial charge in [-0.25, -0.2) is 4.79 Å². The van der Waals surface area contributed by atoms with Crippen molar-refractivity contribution in [2.45, 2.75) is 18.9 Å². The van der Waals surface area contributed by atoms with Crippen molar-refractivity contribution >= 4 is 23.6 Å². The van der Waals surface area contributed by atoms with Gasteiger partial charge < -0.3 is 19.5 Å². The Morgan fingerprint density at radius 2 is 2.14 bits per heavy atom. The molecule has 0 spiro atoms. The number of carbonyl (C=O) groups is 2. The number of amides is 1. The molecule has 112 valence electrons. The van der Waals surface area contributed by atoms with Gasteiger partial charge in [-0.15, -0.1) is 11.8 Å². The number of benzene rings is 1. The van der Waals surface area contributed by atoms with E-state index in [9.17, 15) is 9.59 Å². The van der Waals surface area contributed by atoms with Crippen LogP contribution < -0.4 is 9.47 Å². The second-order valence-electron chi connectivity index (χ2n) is 4.91. The van der Waals surface area contributed by atoms with Gasteiger partial charge in [-0.3, -0.25) is 4.79 Å². The van der Waals surface area contributed by atoms with Gasteiger partial charge in [0.05, 0.1) is 5.88 Å². The van der Waals surface area contributed by atoms with Crippen molar-refractivity contribution in [3.63, 3.8) is 0 Å². The molecule has 1 fully saturated rings. The van der Waals surface area contributed by atoms with Gasteiger partial charge in [0.1, 0.15) is 6.04 Å². The highest BCUT2D eigenvalue weighted by atomic mass is 32.2. The van der Waals surface area contributed by atoms with Gasteiger partial charge in [-0.1, -0.05) is 6.07 Å². The second-order valence-corrected chi connectivity index (χ2v) is 5.90. The SMILES string of the molecule is O=C(O)[C@@H]1CSCN1C(=O)CCc1ccc2c(c1)OCO2. The lowest BCUT2D eigenvalue weighted by molar-refractivity contribution is -0.147. The predicted molar refractivity (Wildman–Crippen MR) is 76.5 cm³/mol. The average Bonchev–Trinajstić information content (AvgIpc) is 3.12. The summed E-state index contributed by atoms with van der Waals surface area (Å²) in [6.45, 7) is 0.225. The number of aryl methyl sites for hydroxylation is 1. The monoisotopic (exact) mass is 309 g/mol. The molecule has 0 aliphatic carbocycles. The fraction of sp³-hybridized carbons (Fsp3) is 0.429. The molecule has 2 heterocycles. The quantitative estimate of drug-likeness (QED) is 0.904. The Labute approximate surface area is 126 Å². The maximum Gasteiger partial charge on any atom is 0.327 e. The molecule has 1 aromatic rings. The highest BCUT2D eigenvalue weighted by Gasteiger charge is 2.34. The van der Waals surface area contributed by atoms with Crippen LogP contribution in [0.4, 0.5) is 0 Å². The van der Waals surface area contributed by atoms with E-state index in [0.29, 0.717) is 36.0 Å². The lowest BCUT2D eigenvalue weighted by atomic mass is 10.1. The summed E-state index contributed by atoms with van der Waals surface area (Å²) in [5, 5.41) is 9.09. The summed E-state index contributed by atoms with van der Waals surface area (Å²) in [6.07, 6.45) is 0.854. The molecule has 3 rings (SSSR count). The lowest BCUT2D eigenvalue weighted by Gasteiger charge is -2.20. The minimum absolute atomic E-state index is 0.120. The number of carboxylic acid groups (broad SMARTS) is 1. The zero-order chi connectivity index (χ0) is 14.8. The number of ether oxygens (including phenoxy) is 2. The Kier molecular flexibility index (Phi) is 3.92. The number of aliphatic carboxylic acids is 1. The van der Waals surface area contributed by atoms with Crippen molar-refractivity contribution in [3.8, 4) is 11.5 Å². The fourth-order valence-corrected chi connectivity index (χ4v) is 3.56. The van der Waals surface area contributed by atoms with Gasteiger partial charge >= 0.3 is 5.97 Å². The van der Waals surface area contributed by atoms with Crippen LogP contribution in [0.5, 0.6) is 11.5 Å². The van der Waals surface area contributed by atoms with Gasteiger partial charge in [0.2, 0.25) is 12.7 Å². The zero-order valence-corrected chi connectivity index (χ0v) is 12.1. The van der Waals surface area contributed by atoms with Crippen molar-refractivity contribution in [3.05, 3.63) is 23.8 Å². The maximum absolute atomic E-state index is 12.2. The van der Waals surface area contributed by atoms with Crippen LogP contribution in [0.15, 0.2) is 18.2 Å². The lowest BCUT2D eigenvalue weighted by Crippen LogP contribution is -2.41. The van der Waals surface area contributed by atoms with Crippen molar-refractivity contribution in [1.82, 2.24) is 4.90 Å². The molecule has 1 saturated heterocycles. The van der Waals surface area contributed by atoms with E-state index < -0.39 is 12.0 Å². The third-order valence-electron chi connectivity index (χ3n) is 3.55. The maximum atomic E-state index is 12.2. The number of fused-ring (bicyclic) bond motifs is 1. The summed E-state index contributed by atoms with van der Waals surface area (Å²) in [6, 6.07) is 4.89. The Morgan fingerprint density at radius 1 is 1.33 bits per heavy atom. The number of hydrogen-bond donors (Lipinski definition) is 1. The number of thioether (sulfide) groups is 1. The molecule has 7 heteroatoms. The summed E-state index contributed by atoms with van der Waals surface area (Å²) >= 11 is 1.47. The predicted octanol–water partition coefficient (Wildman–Crippen LogP) is 1.33. The third kappa shape index (κ3) is 2.92. The van der Waals surface area contributed by atoms with Gasteiger partial charge in [-0.05, 0) is 24.1 Å². The molecule has 0 radical (unpaired) electrons. The summed E-state index contributed by atoms with van der Waals surface area (Å²) in [5.41, 5.74) is 0.978. The summed E-state index contributed by atoms with van der Waals surface area (Å²) in [7, 11) is 0. The second kappa shape index (κ2) is 5.85. The summed E-state index contributed by atoms with van der Waals surface area (Å²) < 4.78 is 10.5. The Morgan fingerprint density at radius 3 is 2.95 bits per heavy atom. The highest BCUT2D eigenvalue weighted by molar-refractivity contribution is 7.99. The molecular formula is C14H15NO5S. The molecule has 2 aliphatic heterocycles. The number of hydrogen-bond acceptors (Lipinski definition) is 5. The van der Waals surface area contributed by atoms with Crippen LogP contribution in [0, 0.1) is 0 Å². The topological polar surface area (TPSA) is 76.1 Å². The van der Waals surface area contributed by atoms with E-state index in [1.807, 2.05) is 18.2 Å². The molecule has 21 heavy (non-hydrogen) atoms. The minimum Gasteiger partial charge on any atom is -0.480 e. The number of rotatable bonds is 4. The fourth-order valence-electron chi connectivity index (χ4n) is 2.38. The van der Waals surface area contributed by atoms with E-state index in [4.69, 9.17) is 14.6 Å². The van der Waals surface area contributed by atoms with E-state index in [-0.39, 0.29) is 12.7 Å². The molecule has 0 unspecified atom stereocenters. The van der Waals surface area contributed by atoms with Crippen molar-refractivity contribution in [2.75, 3.05) is 18.4 Å². The number of nitrogens with zero attached hydrogens (tertiary/aromatic N) is 1. The largest absolute Gasteiger partial charge is 0.480 e. The third-order valence-corrected chi connectivity index (χ3v) is 4.56. The number of carbonyl (C=O) groups excluding carboxylic acids is 1. The molecule has 1 aromatic carbocycles. The molecule has 1 N–H and O–H groups in total. The first-order chi connectivity index (χ1) is 10.1. The van der Waals surface area contributed by atoms with Crippen LogP contribution in [0.3, 0.4) is 0 Å². The van der Waals surface area contributed by atoms with Crippen LogP contribution in [0.25, 0.3) is 0 Å². The molecule has 6 nitrogen and oxygen atoms in total. The normalized spacial score (nSPS) is 19.8. The number of carboxylic acids is 1. The van der Waals surface area contributed by atoms with Gasteiger partial charge in [0.25, 0.3) is 0 Å². The van der Waals surface area contributed by atoms with Crippen LogP contribution in [-0.4, -0.2) is 46.3 Å². The first-order valence-electron chi connectivity index (χ1n) is 6.63. The first kappa shape index (κ1) is 14.1. The molecular weight excluding hydrogens is 294 g/mol. The molecule has 1 amide bonds. The van der Waals surface area contributed by atoms with Gasteiger partial charge in [0, 0.05) is 12.2 Å². The Balaban J connectivity index is 1.60. The van der Waals surface area contributed by atoms with E-state index in [1.165, 1.54) is 16.7 Å². The van der Waals surface area contributed by atoms with E-state index in [0.717, 1.165) is 5.56 Å². The van der Waals surface area contributed by atoms with Crippen molar-refractivity contribution < 1.29 is 24.2 Å². The van der Waals surface area contributed by atoms with Crippen LogP contribution in [0.2, 0.25) is 0 Å². The zero-order valence-electron chi connectivity index (χ0n) is 11.3. The summed E-state index contributed by atoms with van der Waals surface area (Å²) in [4.78, 5) is 24.7. The van der Waals surface area contributed by atoms with Crippen molar-refractivity contribution in [1.29, 1.82) is 0 Å². The summed E-state index contributed by atoms with van der Waals surface area (Å²) in [5.74, 6) is 1.27. The Hall–Kier alpha value is -1.89. The average molecular weight is 309 g/mol. The smallest absolute Gasteiger partial charge is 0.327 e. The Bertz CT molecular complexity index is 576. The standard InChI is InChI=1S/C14H15NO5S/c16-13(15-7-21-6-10(15)14(17)18)4-2-9-1-3-11-12(5-9)20-8-19-11/h1,3,5,10H,2,4,6-8H2,(H,17,18)/t10-/m0/s1. The highest BCUT2D eigenvalue weighted by Crippen LogP contribution is 2.33. The molecule has 0 saturated carbocycles. The minimum atomic E-state index is -0.934.